The van der Waals surface area contributed by atoms with Crippen molar-refractivity contribution < 1.29 is 19.4 Å². The number of phenolic OH excluding ortho intramolecular Hbond substituents is 1. The summed E-state index contributed by atoms with van der Waals surface area (Å²) in [5.41, 5.74) is 1.43. The highest BCUT2D eigenvalue weighted by Crippen LogP contribution is 2.26. The Morgan fingerprint density at radius 2 is 1.95 bits per heavy atom. The first-order valence-corrected chi connectivity index (χ1v) is 6.83. The van der Waals surface area contributed by atoms with Crippen LogP contribution in [-0.2, 0) is 6.54 Å². The number of phenols is 1. The van der Waals surface area contributed by atoms with Crippen LogP contribution in [0.5, 0.6) is 5.75 Å². The zero-order valence-electron chi connectivity index (χ0n) is 11.3. The van der Waals surface area contributed by atoms with Crippen molar-refractivity contribution >= 4 is 28.5 Å². The number of carbonyl (C=O) groups is 1. The second-order valence-electron chi connectivity index (χ2n) is 4.91. The van der Waals surface area contributed by atoms with Crippen LogP contribution < -0.4 is 0 Å². The standard InChI is InChI=1S/C16H11ClFNO3/c17-12-5-9(1-3-13(12)18)8-19-14-4-2-11(20)6-10(14)7-15(19)16(21)22/h1-7,20H,8H2,(H,21,22). The molecule has 0 radical (unpaired) electrons. The number of carboxylic acids is 1. The summed E-state index contributed by atoms with van der Waals surface area (Å²) in [7, 11) is 0. The summed E-state index contributed by atoms with van der Waals surface area (Å²) < 4.78 is 14.8. The van der Waals surface area contributed by atoms with Gasteiger partial charge in [-0.1, -0.05) is 17.7 Å². The lowest BCUT2D eigenvalue weighted by Crippen LogP contribution is -2.09. The number of rotatable bonds is 3. The molecule has 0 unspecified atom stereocenters. The molecule has 0 aliphatic rings. The zero-order chi connectivity index (χ0) is 15.9. The molecule has 6 heteroatoms. The van der Waals surface area contributed by atoms with Crippen LogP contribution in [0.1, 0.15) is 16.1 Å². The summed E-state index contributed by atoms with van der Waals surface area (Å²) in [6.07, 6.45) is 0. The molecule has 112 valence electrons. The molecule has 0 aliphatic heterocycles. The fraction of sp³-hybridized carbons (Fsp3) is 0.0625. The Morgan fingerprint density at radius 1 is 1.18 bits per heavy atom. The van der Waals surface area contributed by atoms with Gasteiger partial charge >= 0.3 is 5.97 Å². The van der Waals surface area contributed by atoms with Gasteiger partial charge in [-0.05, 0) is 42.0 Å². The maximum atomic E-state index is 13.2. The third-order valence-electron chi connectivity index (χ3n) is 3.43. The fourth-order valence-corrected chi connectivity index (χ4v) is 2.63. The van der Waals surface area contributed by atoms with Crippen LogP contribution in [0.2, 0.25) is 5.02 Å². The lowest BCUT2D eigenvalue weighted by atomic mass is 10.2. The van der Waals surface area contributed by atoms with Crippen LogP contribution in [0.25, 0.3) is 10.9 Å². The molecule has 3 aromatic rings. The molecular formula is C16H11ClFNO3. The zero-order valence-corrected chi connectivity index (χ0v) is 12.0. The predicted molar refractivity (Wildman–Crippen MR) is 81.1 cm³/mol. The quantitative estimate of drug-likeness (QED) is 0.770. The molecule has 0 bridgehead atoms. The largest absolute Gasteiger partial charge is 0.508 e. The molecule has 0 spiro atoms. The fourth-order valence-electron chi connectivity index (χ4n) is 2.43. The van der Waals surface area contributed by atoms with Crippen molar-refractivity contribution in [2.45, 2.75) is 6.54 Å². The number of nitrogens with zero attached hydrogens (tertiary/aromatic N) is 1. The topological polar surface area (TPSA) is 62.5 Å². The van der Waals surface area contributed by atoms with E-state index in [-0.39, 0.29) is 23.0 Å². The van der Waals surface area contributed by atoms with Crippen LogP contribution in [0.4, 0.5) is 4.39 Å². The van der Waals surface area contributed by atoms with Crippen molar-refractivity contribution in [1.82, 2.24) is 4.57 Å². The molecule has 3 rings (SSSR count). The third kappa shape index (κ3) is 2.51. The third-order valence-corrected chi connectivity index (χ3v) is 3.72. The molecule has 0 aliphatic carbocycles. The Labute approximate surface area is 130 Å². The molecular weight excluding hydrogens is 309 g/mol. The number of aromatic nitrogens is 1. The second-order valence-corrected chi connectivity index (χ2v) is 5.32. The molecule has 0 amide bonds. The van der Waals surface area contributed by atoms with Crippen molar-refractivity contribution in [3.63, 3.8) is 0 Å². The first-order chi connectivity index (χ1) is 10.5. The van der Waals surface area contributed by atoms with Crippen LogP contribution in [0, 0.1) is 5.82 Å². The van der Waals surface area contributed by atoms with Crippen LogP contribution in [-0.4, -0.2) is 20.7 Å². The number of aromatic carboxylic acids is 1. The molecule has 1 aromatic heterocycles. The molecule has 0 atom stereocenters. The minimum absolute atomic E-state index is 0.0107. The van der Waals surface area contributed by atoms with Gasteiger partial charge in [0.05, 0.1) is 5.02 Å². The van der Waals surface area contributed by atoms with Gasteiger partial charge in [-0.2, -0.15) is 0 Å². The lowest BCUT2D eigenvalue weighted by molar-refractivity contribution is 0.0686. The smallest absolute Gasteiger partial charge is 0.352 e. The van der Waals surface area contributed by atoms with Crippen LogP contribution in [0.15, 0.2) is 42.5 Å². The summed E-state index contributed by atoms with van der Waals surface area (Å²) in [6, 6.07) is 10.4. The van der Waals surface area contributed by atoms with Gasteiger partial charge in [0.25, 0.3) is 0 Å². The Hall–Kier alpha value is -2.53. The van der Waals surface area contributed by atoms with Crippen molar-refractivity contribution in [2.75, 3.05) is 0 Å². The Balaban J connectivity index is 2.13. The number of aromatic hydroxyl groups is 1. The van der Waals surface area contributed by atoms with Gasteiger partial charge in [0.2, 0.25) is 0 Å². The minimum atomic E-state index is -1.08. The predicted octanol–water partition coefficient (Wildman–Crippen LogP) is 3.89. The summed E-state index contributed by atoms with van der Waals surface area (Å²) in [5.74, 6) is -1.54. The average molecular weight is 320 g/mol. The highest BCUT2D eigenvalue weighted by molar-refractivity contribution is 6.30. The van der Waals surface area contributed by atoms with Crippen molar-refractivity contribution in [3.05, 3.63) is 64.6 Å². The highest BCUT2D eigenvalue weighted by Gasteiger charge is 2.15. The van der Waals surface area contributed by atoms with E-state index in [0.717, 1.165) is 0 Å². The summed E-state index contributed by atoms with van der Waals surface area (Å²) in [6.45, 7) is 0.232. The molecule has 22 heavy (non-hydrogen) atoms. The normalized spacial score (nSPS) is 11.0. The van der Waals surface area contributed by atoms with E-state index >= 15 is 0 Å². The van der Waals surface area contributed by atoms with E-state index in [4.69, 9.17) is 11.6 Å². The number of benzene rings is 2. The minimum Gasteiger partial charge on any atom is -0.508 e. The van der Waals surface area contributed by atoms with E-state index in [9.17, 15) is 19.4 Å². The maximum Gasteiger partial charge on any atom is 0.352 e. The monoisotopic (exact) mass is 319 g/mol. The first kappa shape index (κ1) is 14.4. The van der Waals surface area contributed by atoms with E-state index in [1.165, 1.54) is 30.3 Å². The SMILES string of the molecule is O=C(O)c1cc2cc(O)ccc2n1Cc1ccc(F)c(Cl)c1. The molecule has 2 N–H and O–H groups in total. The molecule has 1 heterocycles. The van der Waals surface area contributed by atoms with Gasteiger partial charge in [0.15, 0.2) is 0 Å². The highest BCUT2D eigenvalue weighted by atomic mass is 35.5. The van der Waals surface area contributed by atoms with Gasteiger partial charge in [0, 0.05) is 17.4 Å². The van der Waals surface area contributed by atoms with Gasteiger partial charge < -0.3 is 14.8 Å². The lowest BCUT2D eigenvalue weighted by Gasteiger charge is -2.09. The van der Waals surface area contributed by atoms with E-state index < -0.39 is 11.8 Å². The van der Waals surface area contributed by atoms with E-state index in [1.807, 2.05) is 0 Å². The molecule has 0 saturated carbocycles. The Morgan fingerprint density at radius 3 is 2.64 bits per heavy atom. The van der Waals surface area contributed by atoms with Crippen LogP contribution >= 0.6 is 11.6 Å². The Bertz CT molecular complexity index is 888. The van der Waals surface area contributed by atoms with Crippen molar-refractivity contribution in [1.29, 1.82) is 0 Å². The number of hydrogen-bond donors (Lipinski definition) is 2. The number of hydrogen-bond acceptors (Lipinski definition) is 2. The van der Waals surface area contributed by atoms with Crippen molar-refractivity contribution in [2.24, 2.45) is 0 Å². The van der Waals surface area contributed by atoms with E-state index in [2.05, 4.69) is 0 Å². The summed E-state index contributed by atoms with van der Waals surface area (Å²) in [5, 5.41) is 19.5. The van der Waals surface area contributed by atoms with Gasteiger partial charge in [-0.25, -0.2) is 9.18 Å². The number of halogens is 2. The van der Waals surface area contributed by atoms with E-state index in [0.29, 0.717) is 16.5 Å². The van der Waals surface area contributed by atoms with Crippen molar-refractivity contribution in [3.8, 4) is 5.75 Å². The Kier molecular flexibility index (Phi) is 3.50. The number of fused-ring (bicyclic) bond motifs is 1. The molecule has 4 nitrogen and oxygen atoms in total. The summed E-state index contributed by atoms with van der Waals surface area (Å²) >= 11 is 5.76. The molecule has 0 fully saturated rings. The number of carboxylic acid groups (broad SMARTS) is 1. The van der Waals surface area contributed by atoms with Crippen LogP contribution in [0.3, 0.4) is 0 Å². The average Bonchev–Trinajstić information content (AvgIpc) is 2.81. The second kappa shape index (κ2) is 5.35. The van der Waals surface area contributed by atoms with Gasteiger partial charge in [-0.3, -0.25) is 0 Å². The molecule has 0 saturated heterocycles. The van der Waals surface area contributed by atoms with Gasteiger partial charge in [-0.15, -0.1) is 0 Å². The maximum absolute atomic E-state index is 13.2. The van der Waals surface area contributed by atoms with Gasteiger partial charge in [0.1, 0.15) is 17.3 Å². The van der Waals surface area contributed by atoms with E-state index in [1.54, 1.807) is 16.7 Å². The first-order valence-electron chi connectivity index (χ1n) is 6.45. The summed E-state index contributed by atoms with van der Waals surface area (Å²) in [4.78, 5) is 11.4. The molecule has 2 aromatic carbocycles.